The number of aromatic nitrogens is 4. The van der Waals surface area contributed by atoms with Crippen LogP contribution < -0.4 is 5.19 Å². The van der Waals surface area contributed by atoms with Crippen LogP contribution in [0.5, 0.6) is 0 Å². The standard InChI is InChI=1S/C25H30N.C24H30NSi.C22H24N.C21H22N.C15H28O2.C11H20O2.C9H16O2.C5H8O2.4Ir/c1-8-25(6,7)21-10-9-11-23-20(21)12-13-22(26-23)18-14-17(2)15-19(16-18)24(3,4)5;1-8-16(2)21-15-24(19-10-9-17(3)18(4)13-19)25-23-12-11-20(14-22(21)23)26(5,6)7;1-6-16(4)19-8-7-9-20-22(19)17(5)13-21(23-20)18-11-14(2)10-15(3)12-18;1-5-16(4)17-6-8-20-18(13-17)7-9-21(22-20)19-11-14(2)10-15(3)12-19;1-7-14(5,8-2)12(16)11-13(17)15(6,9-3)10-4;1-10(2,3)8(12)7-9(13)11(4,5)6;1-6(2)8(10)5-9(11)7(3)4;1-4(6)3-5(2)7;;;;/h9-13,15-16H,8H2,1-7H3;9,11-16H,8H2,1-7H3;7-11,13,16H,6H2,1-5H3;6-11,13,16H,5H2,1-4H3;11,16H,7-10H2,1-6H3;7,12H,1-6H3;5-7,10H,1-4H3;3,6H,1-2H3;;;;/q4*-1;;;;;;;;. The summed E-state index contributed by atoms with van der Waals surface area (Å²) < 4.78 is 0. The normalized spacial score (nSPS) is 12.6. The van der Waals surface area contributed by atoms with E-state index in [-0.39, 0.29) is 166 Å². The van der Waals surface area contributed by atoms with E-state index in [0.717, 1.165) is 135 Å². The summed E-state index contributed by atoms with van der Waals surface area (Å²) in [6.45, 7) is 84.8. The minimum absolute atomic E-state index is 0. The monoisotopic (exact) mass is 2750 g/mol. The maximum absolute atomic E-state index is 12.2. The van der Waals surface area contributed by atoms with Crippen LogP contribution in [0.2, 0.25) is 19.6 Å². The molecule has 12 aromatic rings. The van der Waals surface area contributed by atoms with Gasteiger partial charge >= 0.3 is 0 Å². The first kappa shape index (κ1) is 138. The van der Waals surface area contributed by atoms with Crippen LogP contribution in [-0.2, 0) is 110 Å². The number of hydrogen-bond acceptors (Lipinski definition) is 12. The van der Waals surface area contributed by atoms with E-state index in [1.807, 2.05) is 111 Å². The van der Waals surface area contributed by atoms with Crippen LogP contribution in [0.15, 0.2) is 205 Å². The first-order chi connectivity index (χ1) is 67.3. The van der Waals surface area contributed by atoms with E-state index in [9.17, 15) is 34.5 Å². The Labute approximate surface area is 954 Å². The van der Waals surface area contributed by atoms with Crippen LogP contribution in [0.25, 0.3) is 88.6 Å². The van der Waals surface area contributed by atoms with E-state index in [1.54, 1.807) is 0 Å². The largest absolute Gasteiger partial charge is 0.512 e. The molecular formula is C132H178Ir4N4O8Si-4. The molecule has 17 heteroatoms. The zero-order valence-corrected chi connectivity index (χ0v) is 108. The Morgan fingerprint density at radius 2 is 0.866 bits per heavy atom. The van der Waals surface area contributed by atoms with E-state index in [0.29, 0.717) is 17.8 Å². The number of allylic oxidation sites excluding steroid dienone is 8. The molecule has 818 valence electrons. The van der Waals surface area contributed by atoms with Crippen molar-refractivity contribution in [2.45, 2.75) is 363 Å². The van der Waals surface area contributed by atoms with Gasteiger partial charge in [0.05, 0.1) is 41.7 Å². The molecule has 12 nitrogen and oxygen atoms in total. The number of carbonyl (C=O) groups excluding carboxylic acids is 4. The van der Waals surface area contributed by atoms with Gasteiger partial charge in [0, 0.05) is 154 Å². The number of aliphatic hydroxyl groups excluding tert-OH is 4. The minimum atomic E-state index is -1.34. The van der Waals surface area contributed by atoms with E-state index in [1.165, 1.54) is 121 Å². The second-order valence-corrected chi connectivity index (χ2v) is 51.0. The van der Waals surface area contributed by atoms with E-state index in [2.05, 4.69) is 340 Å². The molecule has 0 aliphatic heterocycles. The number of aliphatic hydroxyl groups is 4. The van der Waals surface area contributed by atoms with E-state index < -0.39 is 13.5 Å². The Morgan fingerprint density at radius 3 is 1.34 bits per heavy atom. The van der Waals surface area contributed by atoms with Crippen LogP contribution >= 0.6 is 0 Å². The third kappa shape index (κ3) is 41.4. The van der Waals surface area contributed by atoms with Gasteiger partial charge in [0.25, 0.3) is 0 Å². The molecule has 3 atom stereocenters. The number of carbonyl (C=O) groups is 4. The molecule has 0 aliphatic rings. The summed E-state index contributed by atoms with van der Waals surface area (Å²) in [5.41, 5.74) is 28.4. The number of rotatable bonds is 25. The quantitative estimate of drug-likeness (QED) is 0.0183. The maximum atomic E-state index is 12.2. The molecule has 0 bridgehead atoms. The smallest absolute Gasteiger partial charge is 0.164 e. The zero-order valence-electron chi connectivity index (χ0n) is 97.9. The number of fused-ring (bicyclic) bond motifs is 4. The van der Waals surface area contributed by atoms with E-state index in [4.69, 9.17) is 25.0 Å². The number of aryl methyl sites for hydroxylation is 8. The summed E-state index contributed by atoms with van der Waals surface area (Å²) in [6, 6.07) is 70.8. The van der Waals surface area contributed by atoms with Crippen LogP contribution in [0.3, 0.4) is 0 Å². The van der Waals surface area contributed by atoms with Gasteiger partial charge in [0.2, 0.25) is 0 Å². The van der Waals surface area contributed by atoms with Crippen LogP contribution in [-0.4, -0.2) is 71.6 Å². The van der Waals surface area contributed by atoms with Crippen molar-refractivity contribution < 1.29 is 120 Å². The molecule has 8 aromatic carbocycles. The van der Waals surface area contributed by atoms with Crippen molar-refractivity contribution in [2.24, 2.45) is 33.5 Å². The van der Waals surface area contributed by atoms with Gasteiger partial charge in [-0.2, -0.15) is 0 Å². The number of benzene rings is 8. The van der Waals surface area contributed by atoms with Gasteiger partial charge in [-0.15, -0.1) is 140 Å². The summed E-state index contributed by atoms with van der Waals surface area (Å²) in [6.07, 6.45) is 13.1. The van der Waals surface area contributed by atoms with Gasteiger partial charge < -0.3 is 20.4 Å². The molecule has 0 aliphatic carbocycles. The number of nitrogens with zero attached hydrogens (tertiary/aromatic N) is 4. The molecule has 149 heavy (non-hydrogen) atoms. The fraction of sp³-hybridized carbons (Fsp3) is 0.455. The first-order valence-electron chi connectivity index (χ1n) is 52.8. The summed E-state index contributed by atoms with van der Waals surface area (Å²) in [7, 11) is -1.34. The molecule has 4 radical (unpaired) electrons. The topological polar surface area (TPSA) is 201 Å². The van der Waals surface area contributed by atoms with Crippen LogP contribution in [0.4, 0.5) is 0 Å². The first-order valence-corrected chi connectivity index (χ1v) is 56.3. The van der Waals surface area contributed by atoms with Gasteiger partial charge in [0.15, 0.2) is 23.1 Å². The number of pyridine rings is 4. The number of hydrogen-bond donors (Lipinski definition) is 4. The van der Waals surface area contributed by atoms with Crippen molar-refractivity contribution in [3.8, 4) is 45.0 Å². The fourth-order valence-electron chi connectivity index (χ4n) is 15.9. The Bertz CT molecular complexity index is 6510. The Hall–Kier alpha value is -8.95. The number of ketones is 4. The minimum Gasteiger partial charge on any atom is -0.512 e. The molecule has 0 saturated carbocycles. The van der Waals surface area contributed by atoms with Gasteiger partial charge in [0.1, 0.15) is 11.5 Å². The van der Waals surface area contributed by atoms with Crippen molar-refractivity contribution >= 4 is 80.0 Å². The van der Waals surface area contributed by atoms with Crippen LogP contribution in [0.1, 0.15) is 349 Å². The second-order valence-electron chi connectivity index (χ2n) is 46.0. The average molecular weight is 2750 g/mol. The molecule has 4 aromatic heterocycles. The van der Waals surface area contributed by atoms with Gasteiger partial charge in [-0.05, 0) is 187 Å². The molecule has 4 heterocycles. The Kier molecular flexibility index (Phi) is 56.7. The predicted octanol–water partition coefficient (Wildman–Crippen LogP) is 36.4. The average Bonchev–Trinajstić information content (AvgIpc) is 0.751. The summed E-state index contributed by atoms with van der Waals surface area (Å²) in [5.74, 6) is 2.15. The SMILES string of the molecule is CC(=O)C=C(C)O.CC(C)(C)C(=O)C=C(O)C(C)(C)C.CC(C)C(=O)C=C(O)C(C)C.CCC(C)(C)c1cccc2nc(-c3[c-]c(C)cc(C(C)(C)C)c3)ccc12.CCC(C)(CC)C(=O)C=C(O)C(C)(CC)CC.CCC(C)c1cc(-c2[c-]cc(C)c(C)c2)nc2ccc([Si](C)(C)C)cc12.CCC(C)c1ccc2nc(-c3[c-]c(C)cc(C)c3)ccc2c1.CCC(C)c1cccc2nc(-c3[c-]c(C)cc(C)c3)cc(C)c12.[Ir].[Ir].[Ir].[Ir]. The molecule has 0 saturated heterocycles. The Morgan fingerprint density at radius 1 is 0.396 bits per heavy atom. The van der Waals surface area contributed by atoms with Crippen LogP contribution in [0, 0.1) is 113 Å². The third-order valence-corrected chi connectivity index (χ3v) is 30.3. The molecule has 0 spiro atoms. The second kappa shape index (κ2) is 61.2. The van der Waals surface area contributed by atoms with Crippen molar-refractivity contribution in [3.63, 3.8) is 0 Å². The van der Waals surface area contributed by atoms with Crippen molar-refractivity contribution in [1.82, 2.24) is 19.9 Å². The molecule has 0 amide bonds. The summed E-state index contributed by atoms with van der Waals surface area (Å²) in [5, 5.41) is 43.9. The maximum Gasteiger partial charge on any atom is 0.164 e. The molecule has 4 N–H and O–H groups in total. The van der Waals surface area contributed by atoms with Crippen molar-refractivity contribution in [1.29, 1.82) is 0 Å². The zero-order chi connectivity index (χ0) is 110. The van der Waals surface area contributed by atoms with Crippen molar-refractivity contribution in [2.75, 3.05) is 0 Å². The third-order valence-electron chi connectivity index (χ3n) is 28.2. The Balaban J connectivity index is 0.000000869. The molecular weight excluding hydrogens is 2570 g/mol. The molecule has 0 fully saturated rings. The van der Waals surface area contributed by atoms with Gasteiger partial charge in [-0.1, -0.05) is 346 Å². The fourth-order valence-corrected chi connectivity index (χ4v) is 17.0. The van der Waals surface area contributed by atoms with Crippen molar-refractivity contribution in [3.05, 3.63) is 302 Å². The van der Waals surface area contributed by atoms with Gasteiger partial charge in [-0.3, -0.25) is 39.1 Å². The summed E-state index contributed by atoms with van der Waals surface area (Å²) >= 11 is 0. The molecule has 12 rings (SSSR count). The molecule has 3 unspecified atom stereocenters. The van der Waals surface area contributed by atoms with Gasteiger partial charge in [-0.25, -0.2) is 0 Å². The van der Waals surface area contributed by atoms with E-state index >= 15 is 0 Å². The summed E-state index contributed by atoms with van der Waals surface area (Å²) in [4.78, 5) is 64.4. The predicted molar refractivity (Wildman–Crippen MR) is 623 cm³/mol.